The molecule has 1 aromatic heterocycles. The molecule has 0 spiro atoms. The van der Waals surface area contributed by atoms with E-state index in [0.717, 1.165) is 13.1 Å². The molecular formula is C15H17BrFN7O2. The van der Waals surface area contributed by atoms with Crippen molar-refractivity contribution < 1.29 is 9.31 Å². The standard InChI is InChI=1S/C15H17BrFN7O2/c1-22-4-6-23(7-5-22)21-15-13(24(25)26)14(18-9-19-15)20-12-3-2-10(16)8-11(12)17/h2-3,8-9H,4-7H2,1H3,(H2,18,19,20,21). The molecule has 0 unspecified atom stereocenters. The van der Waals surface area contributed by atoms with Crippen LogP contribution in [0, 0.1) is 15.9 Å². The Bertz CT molecular complexity index is 815. The number of rotatable bonds is 5. The van der Waals surface area contributed by atoms with Crippen molar-refractivity contribution in [1.29, 1.82) is 0 Å². The third-order valence-electron chi connectivity index (χ3n) is 3.96. The highest BCUT2D eigenvalue weighted by molar-refractivity contribution is 9.10. The van der Waals surface area contributed by atoms with Crippen LogP contribution in [-0.2, 0) is 0 Å². The minimum atomic E-state index is -0.586. The zero-order valence-electron chi connectivity index (χ0n) is 13.9. The number of likely N-dealkylation sites (N-methyl/N-ethyl adjacent to an activating group) is 1. The number of piperazine rings is 1. The summed E-state index contributed by atoms with van der Waals surface area (Å²) < 4.78 is 14.6. The van der Waals surface area contributed by atoms with Gasteiger partial charge in [0.25, 0.3) is 0 Å². The fraction of sp³-hybridized carbons (Fsp3) is 0.333. The summed E-state index contributed by atoms with van der Waals surface area (Å²) >= 11 is 3.17. The minimum absolute atomic E-state index is 0.0644. The van der Waals surface area contributed by atoms with E-state index in [-0.39, 0.29) is 23.0 Å². The second-order valence-corrected chi connectivity index (χ2v) is 6.74. The molecule has 1 saturated heterocycles. The van der Waals surface area contributed by atoms with Crippen molar-refractivity contribution in [1.82, 2.24) is 19.9 Å². The molecule has 2 heterocycles. The number of benzene rings is 1. The average Bonchev–Trinajstić information content (AvgIpc) is 2.59. The predicted octanol–water partition coefficient (Wildman–Crippen LogP) is 2.60. The molecule has 1 aliphatic rings. The first kappa shape index (κ1) is 18.4. The van der Waals surface area contributed by atoms with Crippen LogP contribution in [0.1, 0.15) is 0 Å². The largest absolute Gasteiger partial charge is 0.354 e. The molecule has 26 heavy (non-hydrogen) atoms. The highest BCUT2D eigenvalue weighted by Crippen LogP contribution is 2.32. The first-order chi connectivity index (χ1) is 12.4. The Balaban J connectivity index is 1.87. The molecule has 0 atom stereocenters. The topological polar surface area (TPSA) is 99.5 Å². The van der Waals surface area contributed by atoms with Crippen molar-refractivity contribution in [3.8, 4) is 0 Å². The predicted molar refractivity (Wildman–Crippen MR) is 98.8 cm³/mol. The minimum Gasteiger partial charge on any atom is -0.332 e. The van der Waals surface area contributed by atoms with Gasteiger partial charge in [0.15, 0.2) is 0 Å². The molecule has 1 aromatic carbocycles. The summed E-state index contributed by atoms with van der Waals surface area (Å²) in [6, 6.07) is 4.36. The first-order valence-corrected chi connectivity index (χ1v) is 8.65. The molecule has 1 fully saturated rings. The lowest BCUT2D eigenvalue weighted by atomic mass is 10.3. The molecule has 3 rings (SSSR count). The fourth-order valence-electron chi connectivity index (χ4n) is 2.51. The number of hydrogen-bond donors (Lipinski definition) is 2. The van der Waals surface area contributed by atoms with Crippen LogP contribution < -0.4 is 10.7 Å². The number of nitro groups is 1. The van der Waals surface area contributed by atoms with Crippen LogP contribution in [0.4, 0.5) is 27.4 Å². The van der Waals surface area contributed by atoms with Gasteiger partial charge in [-0.3, -0.25) is 15.5 Å². The van der Waals surface area contributed by atoms with Gasteiger partial charge in [-0.05, 0) is 25.2 Å². The van der Waals surface area contributed by atoms with Gasteiger partial charge in [-0.1, -0.05) is 15.9 Å². The van der Waals surface area contributed by atoms with Crippen molar-refractivity contribution in [3.05, 3.63) is 44.9 Å². The Morgan fingerprint density at radius 3 is 2.58 bits per heavy atom. The summed E-state index contributed by atoms with van der Waals surface area (Å²) in [5.41, 5.74) is 2.72. The molecule has 0 bridgehead atoms. The van der Waals surface area contributed by atoms with Gasteiger partial charge in [-0.15, -0.1) is 0 Å². The summed E-state index contributed by atoms with van der Waals surface area (Å²) in [7, 11) is 2.01. The number of hydrogen-bond acceptors (Lipinski definition) is 8. The number of aromatic nitrogens is 2. The highest BCUT2D eigenvalue weighted by Gasteiger charge is 2.26. The van der Waals surface area contributed by atoms with E-state index >= 15 is 0 Å². The summed E-state index contributed by atoms with van der Waals surface area (Å²) in [5.74, 6) is -0.571. The van der Waals surface area contributed by atoms with Gasteiger partial charge in [-0.25, -0.2) is 19.4 Å². The Morgan fingerprint density at radius 2 is 1.92 bits per heavy atom. The van der Waals surface area contributed by atoms with Crippen molar-refractivity contribution >= 4 is 38.9 Å². The second kappa shape index (κ2) is 7.89. The maximum atomic E-state index is 14.0. The number of nitrogens with zero attached hydrogens (tertiary/aromatic N) is 5. The van der Waals surface area contributed by atoms with E-state index in [4.69, 9.17) is 0 Å². The monoisotopic (exact) mass is 425 g/mol. The molecular weight excluding hydrogens is 409 g/mol. The van der Waals surface area contributed by atoms with Gasteiger partial charge < -0.3 is 10.2 Å². The average molecular weight is 426 g/mol. The lowest BCUT2D eigenvalue weighted by Gasteiger charge is -2.32. The highest BCUT2D eigenvalue weighted by atomic mass is 79.9. The molecule has 0 aliphatic carbocycles. The van der Waals surface area contributed by atoms with Crippen LogP contribution in [0.3, 0.4) is 0 Å². The van der Waals surface area contributed by atoms with E-state index in [1.165, 1.54) is 18.5 Å². The number of anilines is 3. The smallest absolute Gasteiger partial charge is 0.332 e. The Labute approximate surface area is 157 Å². The third kappa shape index (κ3) is 4.23. The molecule has 0 radical (unpaired) electrons. The molecule has 11 heteroatoms. The van der Waals surface area contributed by atoms with Crippen molar-refractivity contribution in [3.63, 3.8) is 0 Å². The Kier molecular flexibility index (Phi) is 5.59. The molecule has 2 aromatic rings. The number of nitrogens with one attached hydrogen (secondary N) is 2. The molecule has 9 nitrogen and oxygen atoms in total. The van der Waals surface area contributed by atoms with E-state index in [9.17, 15) is 14.5 Å². The van der Waals surface area contributed by atoms with Crippen LogP contribution in [0.2, 0.25) is 0 Å². The number of halogens is 2. The van der Waals surface area contributed by atoms with Gasteiger partial charge in [0.1, 0.15) is 12.1 Å². The fourth-order valence-corrected chi connectivity index (χ4v) is 2.84. The summed E-state index contributed by atoms with van der Waals surface area (Å²) in [4.78, 5) is 21.1. The van der Waals surface area contributed by atoms with Crippen LogP contribution in [0.25, 0.3) is 0 Å². The van der Waals surface area contributed by atoms with Crippen LogP contribution in [-0.4, -0.2) is 58.0 Å². The lowest BCUT2D eigenvalue weighted by Crippen LogP contribution is -2.47. The van der Waals surface area contributed by atoms with E-state index in [1.807, 2.05) is 12.1 Å². The van der Waals surface area contributed by atoms with Gasteiger partial charge in [0.05, 0.1) is 10.6 Å². The maximum Gasteiger partial charge on any atom is 0.354 e. The molecule has 0 amide bonds. The number of hydrazine groups is 1. The van der Waals surface area contributed by atoms with Gasteiger partial charge in [-0.2, -0.15) is 0 Å². The summed E-state index contributed by atoms with van der Waals surface area (Å²) in [5, 5.41) is 16.1. The molecule has 138 valence electrons. The molecule has 0 saturated carbocycles. The van der Waals surface area contributed by atoms with E-state index in [0.29, 0.717) is 17.6 Å². The van der Waals surface area contributed by atoms with Crippen molar-refractivity contribution in [2.75, 3.05) is 44.0 Å². The second-order valence-electron chi connectivity index (χ2n) is 5.83. The molecule has 1 aliphatic heterocycles. The lowest BCUT2D eigenvalue weighted by molar-refractivity contribution is -0.383. The molecule has 2 N–H and O–H groups in total. The zero-order valence-corrected chi connectivity index (χ0v) is 15.5. The maximum absolute atomic E-state index is 14.0. The van der Waals surface area contributed by atoms with Gasteiger partial charge in [0.2, 0.25) is 11.6 Å². The van der Waals surface area contributed by atoms with Crippen LogP contribution in [0.5, 0.6) is 0 Å². The van der Waals surface area contributed by atoms with Crippen molar-refractivity contribution in [2.24, 2.45) is 0 Å². The SMILES string of the molecule is CN1CCN(Nc2ncnc(Nc3ccc(Br)cc3F)c2[N+](=O)[O-])CC1. The quantitative estimate of drug-likeness (QED) is 0.556. The van der Waals surface area contributed by atoms with Gasteiger partial charge in [0, 0.05) is 30.7 Å². The van der Waals surface area contributed by atoms with E-state index in [2.05, 4.69) is 41.5 Å². The Hall–Kier alpha value is -2.37. The van der Waals surface area contributed by atoms with E-state index in [1.54, 1.807) is 6.07 Å². The van der Waals surface area contributed by atoms with Gasteiger partial charge >= 0.3 is 5.69 Å². The van der Waals surface area contributed by atoms with Crippen LogP contribution in [0.15, 0.2) is 29.0 Å². The summed E-state index contributed by atoms with van der Waals surface area (Å²) in [6.07, 6.45) is 1.20. The van der Waals surface area contributed by atoms with Crippen LogP contribution >= 0.6 is 15.9 Å². The third-order valence-corrected chi connectivity index (χ3v) is 4.45. The first-order valence-electron chi connectivity index (χ1n) is 7.85. The normalized spacial score (nSPS) is 15.7. The summed E-state index contributed by atoms with van der Waals surface area (Å²) in [6.45, 7) is 3.06. The van der Waals surface area contributed by atoms with Crippen molar-refractivity contribution in [2.45, 2.75) is 0 Å². The van der Waals surface area contributed by atoms with E-state index < -0.39 is 10.7 Å². The zero-order chi connectivity index (χ0) is 18.7. The Morgan fingerprint density at radius 1 is 1.23 bits per heavy atom.